The van der Waals surface area contributed by atoms with Gasteiger partial charge in [-0.1, -0.05) is 0 Å². The van der Waals surface area contributed by atoms with Crippen molar-refractivity contribution in [3.63, 3.8) is 0 Å². The van der Waals surface area contributed by atoms with Crippen LogP contribution in [-0.2, 0) is 0 Å². The van der Waals surface area contributed by atoms with Crippen LogP contribution in [0, 0.1) is 351 Å². The van der Waals surface area contributed by atoms with Gasteiger partial charge in [0.15, 0.2) is 0 Å². The molecule has 240 valence electrons. The fourth-order valence-electron chi connectivity index (χ4n) is 1.74. The van der Waals surface area contributed by atoms with Gasteiger partial charge in [0.25, 0.3) is 0 Å². The topological polar surface area (TPSA) is 0 Å². The normalized spacial score (nSPS) is 3.92. The number of rotatable bonds is 0. The minimum atomic E-state index is 2.12. The largest absolute Gasteiger partial charge is 0.284 e. The van der Waals surface area contributed by atoms with Crippen LogP contribution < -0.4 is 0 Å². The predicted octanol–water partition coefficient (Wildman–Crippen LogP) is 0.549. The molecule has 0 aromatic heterocycles. The van der Waals surface area contributed by atoms with Gasteiger partial charge in [-0.3, -0.25) is 5.92 Å². The molecule has 0 heterocycles. The molecule has 0 nitrogen and oxygen atoms in total. The molecule has 59 heavy (non-hydrogen) atoms. The van der Waals surface area contributed by atoms with Gasteiger partial charge in [0, 0.05) is 225 Å². The molecule has 0 amide bonds. The van der Waals surface area contributed by atoms with Crippen LogP contribution in [-0.4, -0.2) is 0 Å². The Morgan fingerprint density at radius 2 is 0.220 bits per heavy atom. The molecule has 0 atom stereocenters. The van der Waals surface area contributed by atoms with Crippen molar-refractivity contribution in [3.8, 4) is 344 Å². The van der Waals surface area contributed by atoms with Crippen LogP contribution in [0.25, 0.3) is 0 Å². The summed E-state index contributed by atoms with van der Waals surface area (Å²) < 4.78 is 0. The van der Waals surface area contributed by atoms with Gasteiger partial charge in [-0.15, -0.1) is 12.3 Å². The number of hydrogen-bond donors (Lipinski definition) is 0. The van der Waals surface area contributed by atoms with Crippen LogP contribution in [0.5, 0.6) is 0 Å². The Kier molecular flexibility index (Phi) is 35.3. The highest BCUT2D eigenvalue weighted by Gasteiger charge is 1.62. The van der Waals surface area contributed by atoms with Gasteiger partial charge < -0.3 is 0 Å². The molecule has 0 heteroatoms. The Labute approximate surface area is 349 Å². The third-order valence-corrected chi connectivity index (χ3v) is 3.54. The van der Waals surface area contributed by atoms with E-state index < -0.39 is 0 Å². The minimum absolute atomic E-state index is 2.12. The van der Waals surface area contributed by atoms with E-state index in [9.17, 15) is 0 Å². The molecule has 0 aliphatic carbocycles. The first kappa shape index (κ1) is 46.1. The molecule has 0 aromatic rings. The average molecular weight is 712 g/mol. The Hall–Kier alpha value is -12.9. The average Bonchev–Trinajstić information content (AvgIpc) is 3.25. The highest BCUT2D eigenvalue weighted by atomic mass is 13.6. The van der Waals surface area contributed by atoms with E-state index in [4.69, 9.17) is 6.42 Å². The summed E-state index contributed by atoms with van der Waals surface area (Å²) in [7, 11) is 0. The van der Waals surface area contributed by atoms with Crippen molar-refractivity contribution < 1.29 is 0 Å². The molecule has 0 radical (unpaired) electrons. The van der Waals surface area contributed by atoms with Crippen molar-refractivity contribution in [2.75, 3.05) is 0 Å². The van der Waals surface area contributed by atoms with Gasteiger partial charge in [-0.2, -0.15) is 6.92 Å². The van der Waals surface area contributed by atoms with Gasteiger partial charge >= 0.3 is 0 Å². The molecule has 0 rings (SSSR count). The standard InChI is InChI=1S/C59H3/c1-3-5-7-9-11-13-15-17-19-21-23-25-27-29-31-33-35-37-39-41-43-45-47-49-51-53-55-57-59-58-56-54-52-50-48-46-44-42-40-38-36-34-32-30-28-26-24-22-20-18-16-14-12-10-8-6-4-2/h1H,2H2/q-1. The Balaban J connectivity index is 4.58. The maximum atomic E-state index is 4.94. The molecule has 0 saturated carbocycles. The summed E-state index contributed by atoms with van der Waals surface area (Å²) in [4.78, 5) is 0. The smallest absolute Gasteiger partial charge is 0 e. The molecule has 0 spiro atoms. The zero-order valence-corrected chi connectivity index (χ0v) is 29.8. The lowest BCUT2D eigenvalue weighted by Gasteiger charge is -1.64. The highest BCUT2D eigenvalue weighted by Crippen LogP contribution is 1.63. The first-order valence-electron chi connectivity index (χ1n) is 14.6. The quantitative estimate of drug-likeness (QED) is 0.255. The zero-order chi connectivity index (χ0) is 42.3. The molecule has 0 bridgehead atoms. The highest BCUT2D eigenvalue weighted by molar-refractivity contribution is 5.51. The van der Waals surface area contributed by atoms with E-state index in [0.29, 0.717) is 0 Å². The second-order valence-corrected chi connectivity index (χ2v) is 7.20. The molecular formula is C59H3-. The van der Waals surface area contributed by atoms with E-state index in [1.165, 1.54) is 0 Å². The maximum Gasteiger partial charge on any atom is 0 e. The van der Waals surface area contributed by atoms with E-state index in [1.807, 2.05) is 0 Å². The molecule has 0 saturated heterocycles. The summed E-state index contributed by atoms with van der Waals surface area (Å²) in [6.07, 6.45) is 4.94. The fourth-order valence-corrected chi connectivity index (χ4v) is 1.74. The Bertz CT molecular complexity index is 3720. The molecule has 0 N–H and O–H groups in total. The monoisotopic (exact) mass is 711 g/mol. The fraction of sp³-hybridized carbons (Fsp3) is 0. The van der Waals surface area contributed by atoms with Gasteiger partial charge in [-0.25, -0.2) is 5.92 Å². The van der Waals surface area contributed by atoms with Gasteiger partial charge in [0.2, 0.25) is 0 Å². The third kappa shape index (κ3) is 45.1. The molecule has 0 aliphatic rings. The van der Waals surface area contributed by atoms with Crippen LogP contribution in [0.2, 0.25) is 0 Å². The Morgan fingerprint density at radius 3 is 0.305 bits per heavy atom. The van der Waals surface area contributed by atoms with E-state index in [1.54, 1.807) is 0 Å². The van der Waals surface area contributed by atoms with Gasteiger partial charge in [-0.05, 0) is 94.7 Å². The summed E-state index contributed by atoms with van der Waals surface area (Å²) in [6, 6.07) is 0. The van der Waals surface area contributed by atoms with Crippen molar-refractivity contribution in [2.45, 2.75) is 0 Å². The summed E-state index contributed by atoms with van der Waals surface area (Å²) in [5.41, 5.74) is 0. The molecule has 0 fully saturated rings. The number of hydrogen-bond acceptors (Lipinski definition) is 0. The van der Waals surface area contributed by atoms with Crippen molar-refractivity contribution in [2.24, 2.45) is 0 Å². The lowest BCUT2D eigenvalue weighted by molar-refractivity contribution is 2.31. The maximum absolute atomic E-state index is 4.94. The summed E-state index contributed by atoms with van der Waals surface area (Å²) in [5.74, 6) is 141. The summed E-state index contributed by atoms with van der Waals surface area (Å²) in [6.45, 7) is 3.31. The lowest BCUT2D eigenvalue weighted by atomic mass is 10.4. The molecule has 0 aromatic carbocycles. The SMILES string of the molecule is C#CC#CC#CC#CC#CC#CC#CC#CC#CC#CC#CC#CC#CC#CC#CC#CC#CC#CC#CC#CC#CC#CC#CC#CC#CC#CC#CC#CC#C[CH2-]. The molecule has 0 unspecified atom stereocenters. The van der Waals surface area contributed by atoms with Gasteiger partial charge in [0.05, 0.1) is 0 Å². The van der Waals surface area contributed by atoms with Crippen LogP contribution in [0.3, 0.4) is 0 Å². The zero-order valence-electron chi connectivity index (χ0n) is 29.8. The van der Waals surface area contributed by atoms with Crippen LogP contribution in [0.1, 0.15) is 0 Å². The minimum Gasteiger partial charge on any atom is -0.284 e. The van der Waals surface area contributed by atoms with Crippen molar-refractivity contribution in [1.29, 1.82) is 0 Å². The van der Waals surface area contributed by atoms with Crippen LogP contribution >= 0.6 is 0 Å². The summed E-state index contributed by atoms with van der Waals surface area (Å²) in [5, 5.41) is 0. The van der Waals surface area contributed by atoms with E-state index in [-0.39, 0.29) is 0 Å². The third-order valence-electron chi connectivity index (χ3n) is 3.54. The van der Waals surface area contributed by atoms with E-state index in [0.717, 1.165) is 0 Å². The number of terminal acetylenes is 1. The van der Waals surface area contributed by atoms with Gasteiger partial charge in [0.1, 0.15) is 0 Å². The van der Waals surface area contributed by atoms with E-state index >= 15 is 0 Å². The second kappa shape index (κ2) is 45.1. The van der Waals surface area contributed by atoms with Crippen molar-refractivity contribution in [3.05, 3.63) is 6.92 Å². The lowest BCUT2D eigenvalue weighted by Crippen LogP contribution is -1.57. The van der Waals surface area contributed by atoms with E-state index in [2.05, 4.69) is 344 Å². The first-order chi connectivity index (χ1) is 29.4. The second-order valence-electron chi connectivity index (χ2n) is 7.20. The van der Waals surface area contributed by atoms with Crippen molar-refractivity contribution in [1.82, 2.24) is 0 Å². The molecule has 0 aliphatic heterocycles. The van der Waals surface area contributed by atoms with Crippen molar-refractivity contribution >= 4 is 0 Å². The Morgan fingerprint density at radius 1 is 0.136 bits per heavy atom. The predicted molar refractivity (Wildman–Crippen MR) is 232 cm³/mol. The molecular weight excluding hydrogens is 709 g/mol. The first-order valence-corrected chi connectivity index (χ1v) is 14.6. The summed E-state index contributed by atoms with van der Waals surface area (Å²) >= 11 is 0. The van der Waals surface area contributed by atoms with Crippen LogP contribution in [0.4, 0.5) is 0 Å². The van der Waals surface area contributed by atoms with Crippen LogP contribution in [0.15, 0.2) is 0 Å².